The molecular weight excluding hydrogens is 442 g/mol. The maximum absolute atomic E-state index is 13.3. The highest BCUT2D eigenvalue weighted by Crippen LogP contribution is 2.44. The summed E-state index contributed by atoms with van der Waals surface area (Å²) in [5.41, 5.74) is 2.33. The number of carbonyl (C=O) groups is 2. The molecule has 3 aromatic carbocycles. The number of hydrogen-bond donors (Lipinski definition) is 1. The van der Waals surface area contributed by atoms with Crippen LogP contribution in [0, 0.1) is 6.92 Å². The molecule has 1 aliphatic rings. The van der Waals surface area contributed by atoms with Gasteiger partial charge >= 0.3 is 0 Å². The number of amides is 1. The summed E-state index contributed by atoms with van der Waals surface area (Å²) in [6, 6.07) is 18.2. The first-order chi connectivity index (χ1) is 15.8. The Bertz CT molecular complexity index is 1280. The van der Waals surface area contributed by atoms with Crippen LogP contribution in [-0.2, 0) is 9.59 Å². The molecule has 3 aromatic rings. The van der Waals surface area contributed by atoms with Crippen LogP contribution < -0.4 is 14.4 Å². The fourth-order valence-electron chi connectivity index (χ4n) is 4.02. The van der Waals surface area contributed by atoms with Crippen molar-refractivity contribution in [2.24, 2.45) is 0 Å². The van der Waals surface area contributed by atoms with Gasteiger partial charge < -0.3 is 14.6 Å². The number of aryl methyl sites for hydroxylation is 1. The number of anilines is 1. The molecule has 4 rings (SSSR count). The number of ether oxygens (including phenoxy) is 2. The van der Waals surface area contributed by atoms with Crippen molar-refractivity contribution in [3.8, 4) is 11.5 Å². The van der Waals surface area contributed by atoms with Crippen molar-refractivity contribution in [1.29, 1.82) is 0 Å². The third kappa shape index (κ3) is 4.05. The van der Waals surface area contributed by atoms with Crippen molar-refractivity contribution >= 4 is 34.7 Å². The van der Waals surface area contributed by atoms with E-state index in [1.54, 1.807) is 42.5 Å². The second-order valence-electron chi connectivity index (χ2n) is 7.63. The summed E-state index contributed by atoms with van der Waals surface area (Å²) < 4.78 is 10.6. The number of benzene rings is 3. The van der Waals surface area contributed by atoms with E-state index in [1.807, 2.05) is 31.2 Å². The lowest BCUT2D eigenvalue weighted by atomic mass is 9.94. The average Bonchev–Trinajstić information content (AvgIpc) is 3.08. The van der Waals surface area contributed by atoms with Crippen LogP contribution in [0.2, 0.25) is 5.02 Å². The van der Waals surface area contributed by atoms with Crippen molar-refractivity contribution in [3.05, 3.63) is 94.0 Å². The Morgan fingerprint density at radius 3 is 2.39 bits per heavy atom. The van der Waals surface area contributed by atoms with E-state index in [-0.39, 0.29) is 16.9 Å². The molecule has 0 aliphatic carbocycles. The number of ketones is 1. The lowest BCUT2D eigenvalue weighted by molar-refractivity contribution is -0.132. The standard InChI is InChI=1S/C26H22ClNO5/c1-15-6-4-7-16(12-15)23-22(24(29)20-11-10-19(32-2)14-21(20)33-3)25(30)26(31)28(23)18-9-5-8-17(27)13-18/h4-14,23,29H,1-3H3/b24-22-. The number of rotatable bonds is 5. The Labute approximate surface area is 196 Å². The smallest absolute Gasteiger partial charge is 0.300 e. The van der Waals surface area contributed by atoms with E-state index in [0.717, 1.165) is 5.56 Å². The predicted octanol–water partition coefficient (Wildman–Crippen LogP) is 5.29. The Balaban J connectivity index is 1.98. The van der Waals surface area contributed by atoms with Gasteiger partial charge in [-0.2, -0.15) is 0 Å². The highest BCUT2D eigenvalue weighted by atomic mass is 35.5. The maximum Gasteiger partial charge on any atom is 0.300 e. The van der Waals surface area contributed by atoms with Crippen LogP contribution >= 0.6 is 11.6 Å². The number of aliphatic hydroxyl groups is 1. The van der Waals surface area contributed by atoms with E-state index in [2.05, 4.69) is 0 Å². The highest BCUT2D eigenvalue weighted by Gasteiger charge is 2.47. The van der Waals surface area contributed by atoms with Crippen molar-refractivity contribution < 1.29 is 24.2 Å². The van der Waals surface area contributed by atoms with Crippen LogP contribution in [0.5, 0.6) is 11.5 Å². The van der Waals surface area contributed by atoms with E-state index in [1.165, 1.54) is 19.1 Å². The second-order valence-corrected chi connectivity index (χ2v) is 8.07. The molecule has 1 saturated heterocycles. The minimum Gasteiger partial charge on any atom is -0.507 e. The number of aliphatic hydroxyl groups excluding tert-OH is 1. The fraction of sp³-hybridized carbons (Fsp3) is 0.154. The van der Waals surface area contributed by atoms with Gasteiger partial charge in [0.1, 0.15) is 17.3 Å². The first kappa shape index (κ1) is 22.4. The summed E-state index contributed by atoms with van der Waals surface area (Å²) >= 11 is 6.18. The van der Waals surface area contributed by atoms with Gasteiger partial charge in [0.2, 0.25) is 0 Å². The molecule has 1 fully saturated rings. The number of methoxy groups -OCH3 is 2. The van der Waals surface area contributed by atoms with Crippen molar-refractivity contribution in [3.63, 3.8) is 0 Å². The summed E-state index contributed by atoms with van der Waals surface area (Å²) in [4.78, 5) is 27.9. The first-order valence-electron chi connectivity index (χ1n) is 10.2. The Morgan fingerprint density at radius 2 is 1.73 bits per heavy atom. The van der Waals surface area contributed by atoms with E-state index in [0.29, 0.717) is 27.8 Å². The van der Waals surface area contributed by atoms with Gasteiger partial charge in [-0.3, -0.25) is 14.5 Å². The number of halogens is 1. The molecule has 1 amide bonds. The van der Waals surface area contributed by atoms with Gasteiger partial charge in [0.25, 0.3) is 11.7 Å². The number of carbonyl (C=O) groups excluding carboxylic acids is 2. The predicted molar refractivity (Wildman–Crippen MR) is 127 cm³/mol. The minimum absolute atomic E-state index is 0.0333. The summed E-state index contributed by atoms with van der Waals surface area (Å²) in [5, 5.41) is 11.8. The zero-order valence-corrected chi connectivity index (χ0v) is 19.1. The lowest BCUT2D eigenvalue weighted by Gasteiger charge is -2.26. The Morgan fingerprint density at radius 1 is 0.970 bits per heavy atom. The molecule has 0 aromatic heterocycles. The molecule has 6 nitrogen and oxygen atoms in total. The quantitative estimate of drug-likeness (QED) is 0.316. The third-order valence-corrected chi connectivity index (χ3v) is 5.79. The molecule has 0 radical (unpaired) electrons. The maximum atomic E-state index is 13.3. The normalized spacial score (nSPS) is 17.3. The number of nitrogens with zero attached hydrogens (tertiary/aromatic N) is 1. The molecule has 0 spiro atoms. The fourth-order valence-corrected chi connectivity index (χ4v) is 4.20. The van der Waals surface area contributed by atoms with Crippen LogP contribution in [0.3, 0.4) is 0 Å². The summed E-state index contributed by atoms with van der Waals surface area (Å²) in [6.07, 6.45) is 0. The minimum atomic E-state index is -0.852. The van der Waals surface area contributed by atoms with Gasteiger partial charge in [-0.05, 0) is 42.8 Å². The lowest BCUT2D eigenvalue weighted by Crippen LogP contribution is -2.29. The van der Waals surface area contributed by atoms with Crippen LogP contribution in [0.15, 0.2) is 72.3 Å². The molecule has 0 saturated carbocycles. The van der Waals surface area contributed by atoms with E-state index >= 15 is 0 Å². The summed E-state index contributed by atoms with van der Waals surface area (Å²) in [6.45, 7) is 1.92. The number of Topliss-reactive ketones (excluding diaryl/α,β-unsaturated/α-hetero) is 1. The van der Waals surface area contributed by atoms with Crippen molar-refractivity contribution in [2.75, 3.05) is 19.1 Å². The molecule has 1 aliphatic heterocycles. The van der Waals surface area contributed by atoms with Crippen LogP contribution in [0.4, 0.5) is 5.69 Å². The molecule has 168 valence electrons. The molecule has 1 unspecified atom stereocenters. The molecule has 1 N–H and O–H groups in total. The van der Waals surface area contributed by atoms with Gasteiger partial charge in [0, 0.05) is 16.8 Å². The zero-order valence-electron chi connectivity index (χ0n) is 18.3. The molecule has 7 heteroatoms. The van der Waals surface area contributed by atoms with Crippen LogP contribution in [0.25, 0.3) is 5.76 Å². The van der Waals surface area contributed by atoms with E-state index in [9.17, 15) is 14.7 Å². The largest absolute Gasteiger partial charge is 0.507 e. The average molecular weight is 464 g/mol. The van der Waals surface area contributed by atoms with Gasteiger partial charge in [0.15, 0.2) is 0 Å². The monoisotopic (exact) mass is 463 g/mol. The molecule has 0 bridgehead atoms. The van der Waals surface area contributed by atoms with Gasteiger partial charge in [-0.15, -0.1) is 0 Å². The molecule has 1 heterocycles. The second kappa shape index (κ2) is 9.00. The summed E-state index contributed by atoms with van der Waals surface area (Å²) in [5.74, 6) is -1.04. The molecule has 33 heavy (non-hydrogen) atoms. The van der Waals surface area contributed by atoms with Crippen molar-refractivity contribution in [1.82, 2.24) is 0 Å². The Kier molecular flexibility index (Phi) is 6.11. The van der Waals surface area contributed by atoms with Crippen LogP contribution in [-0.4, -0.2) is 31.0 Å². The first-order valence-corrected chi connectivity index (χ1v) is 10.6. The van der Waals surface area contributed by atoms with Crippen molar-refractivity contribution in [2.45, 2.75) is 13.0 Å². The zero-order chi connectivity index (χ0) is 23.7. The van der Waals surface area contributed by atoms with E-state index < -0.39 is 17.7 Å². The van der Waals surface area contributed by atoms with E-state index in [4.69, 9.17) is 21.1 Å². The molecule has 1 atom stereocenters. The SMILES string of the molecule is COc1ccc(/C(O)=C2/C(=O)C(=O)N(c3cccc(Cl)c3)C2c2cccc(C)c2)c(OC)c1. The summed E-state index contributed by atoms with van der Waals surface area (Å²) in [7, 11) is 2.97. The van der Waals surface area contributed by atoms with Gasteiger partial charge in [0.05, 0.1) is 31.4 Å². The van der Waals surface area contributed by atoms with Gasteiger partial charge in [-0.1, -0.05) is 47.5 Å². The topological polar surface area (TPSA) is 76.1 Å². The number of hydrogen-bond acceptors (Lipinski definition) is 5. The molecular formula is C26H22ClNO5. The highest BCUT2D eigenvalue weighted by molar-refractivity contribution is 6.51. The van der Waals surface area contributed by atoms with Gasteiger partial charge in [-0.25, -0.2) is 0 Å². The Hall–Kier alpha value is -3.77. The van der Waals surface area contributed by atoms with Crippen LogP contribution in [0.1, 0.15) is 22.7 Å². The third-order valence-electron chi connectivity index (χ3n) is 5.55.